The van der Waals surface area contributed by atoms with E-state index in [0.717, 1.165) is 41.7 Å². The second-order valence-electron chi connectivity index (χ2n) is 8.17. The summed E-state index contributed by atoms with van der Waals surface area (Å²) in [5, 5.41) is 7.45. The third-order valence-electron chi connectivity index (χ3n) is 6.04. The van der Waals surface area contributed by atoms with E-state index >= 15 is 0 Å². The number of rotatable bonds is 9. The summed E-state index contributed by atoms with van der Waals surface area (Å²) in [6, 6.07) is 15.9. The largest absolute Gasteiger partial charge is 0.334 e. The highest BCUT2D eigenvalue weighted by atomic mass is 32.2. The van der Waals surface area contributed by atoms with Crippen molar-refractivity contribution in [1.29, 1.82) is 0 Å². The summed E-state index contributed by atoms with van der Waals surface area (Å²) in [6.07, 6.45) is 7.21. The van der Waals surface area contributed by atoms with Gasteiger partial charge in [-0.1, -0.05) is 37.1 Å². The van der Waals surface area contributed by atoms with Crippen LogP contribution in [0, 0.1) is 0 Å². The van der Waals surface area contributed by atoms with Gasteiger partial charge in [0.05, 0.1) is 11.6 Å². The Labute approximate surface area is 209 Å². The highest BCUT2D eigenvalue weighted by Gasteiger charge is 2.35. The van der Waals surface area contributed by atoms with Crippen molar-refractivity contribution in [3.05, 3.63) is 65.7 Å². The SMILES string of the molecule is CCCCCN1C(=O)NC(c2ccc(SC)cc2)C(c2nc(-c3ccc(SC)cc3)no2)=C1C. The lowest BCUT2D eigenvalue weighted by Gasteiger charge is -2.35. The predicted octanol–water partition coefficient (Wildman–Crippen LogP) is 6.87. The van der Waals surface area contributed by atoms with Crippen LogP contribution in [0.4, 0.5) is 4.79 Å². The molecule has 3 aromatic rings. The number of urea groups is 1. The van der Waals surface area contributed by atoms with Gasteiger partial charge < -0.3 is 9.84 Å². The Balaban J connectivity index is 1.74. The Morgan fingerprint density at radius 3 is 2.26 bits per heavy atom. The minimum Gasteiger partial charge on any atom is -0.334 e. The maximum atomic E-state index is 13.1. The number of carbonyl (C=O) groups is 1. The number of hydrogen-bond donors (Lipinski definition) is 1. The summed E-state index contributed by atoms with van der Waals surface area (Å²) in [6.45, 7) is 4.79. The summed E-state index contributed by atoms with van der Waals surface area (Å²) >= 11 is 3.38. The van der Waals surface area contributed by atoms with Crippen molar-refractivity contribution in [2.75, 3.05) is 19.1 Å². The van der Waals surface area contributed by atoms with Gasteiger partial charge in [-0.2, -0.15) is 4.98 Å². The Morgan fingerprint density at radius 1 is 1.00 bits per heavy atom. The summed E-state index contributed by atoms with van der Waals surface area (Å²) in [5.74, 6) is 0.967. The van der Waals surface area contributed by atoms with Crippen LogP contribution in [-0.4, -0.2) is 40.1 Å². The van der Waals surface area contributed by atoms with E-state index < -0.39 is 0 Å². The van der Waals surface area contributed by atoms with Crippen molar-refractivity contribution in [2.24, 2.45) is 0 Å². The van der Waals surface area contributed by atoms with Crippen LogP contribution in [0.2, 0.25) is 0 Å². The molecule has 1 atom stereocenters. The summed E-state index contributed by atoms with van der Waals surface area (Å²) in [7, 11) is 0. The lowest BCUT2D eigenvalue weighted by molar-refractivity contribution is 0.204. The van der Waals surface area contributed by atoms with Crippen molar-refractivity contribution in [3.8, 4) is 11.4 Å². The molecule has 0 radical (unpaired) electrons. The second kappa shape index (κ2) is 11.1. The maximum absolute atomic E-state index is 13.1. The summed E-state index contributed by atoms with van der Waals surface area (Å²) in [4.78, 5) is 22.0. The van der Waals surface area contributed by atoms with Gasteiger partial charge in [0.1, 0.15) is 0 Å². The number of allylic oxidation sites excluding steroid dienone is 1. The first-order chi connectivity index (χ1) is 16.5. The molecule has 1 aliphatic rings. The molecule has 2 aromatic carbocycles. The Kier molecular flexibility index (Phi) is 8.00. The van der Waals surface area contributed by atoms with Crippen LogP contribution in [0.5, 0.6) is 0 Å². The van der Waals surface area contributed by atoms with Crippen LogP contribution in [0.1, 0.15) is 50.6 Å². The molecule has 0 saturated carbocycles. The van der Waals surface area contributed by atoms with Gasteiger partial charge in [-0.25, -0.2) is 4.79 Å². The number of nitrogens with zero attached hydrogens (tertiary/aromatic N) is 3. The standard InChI is InChI=1S/C26H30N4O2S2/c1-5-6-7-16-30-17(2)22(23(27-26(30)31)18-8-12-20(33-3)13-9-18)25-28-24(29-32-25)19-10-14-21(34-4)15-11-19/h8-15,23H,5-7,16H2,1-4H3,(H,27,31). The van der Waals surface area contributed by atoms with Gasteiger partial charge in [-0.15, -0.1) is 23.5 Å². The molecule has 0 bridgehead atoms. The molecule has 0 aliphatic carbocycles. The first-order valence-corrected chi connectivity index (χ1v) is 13.9. The third kappa shape index (κ3) is 5.18. The van der Waals surface area contributed by atoms with Crippen molar-refractivity contribution in [2.45, 2.75) is 48.9 Å². The van der Waals surface area contributed by atoms with Crippen LogP contribution >= 0.6 is 23.5 Å². The smallest absolute Gasteiger partial charge is 0.322 e. The van der Waals surface area contributed by atoms with Gasteiger partial charge in [0.25, 0.3) is 5.89 Å². The average Bonchev–Trinajstić information content (AvgIpc) is 3.35. The molecule has 6 nitrogen and oxygen atoms in total. The second-order valence-corrected chi connectivity index (χ2v) is 9.92. The van der Waals surface area contributed by atoms with Crippen LogP contribution in [0.3, 0.4) is 0 Å². The Hall–Kier alpha value is -2.71. The number of benzene rings is 2. The van der Waals surface area contributed by atoms with Crippen molar-refractivity contribution in [1.82, 2.24) is 20.4 Å². The Bertz CT molecular complexity index is 1160. The molecule has 1 unspecified atom stereocenters. The van der Waals surface area contributed by atoms with E-state index in [-0.39, 0.29) is 12.1 Å². The van der Waals surface area contributed by atoms with E-state index in [0.29, 0.717) is 18.3 Å². The van der Waals surface area contributed by atoms with Gasteiger partial charge in [0.15, 0.2) is 0 Å². The lowest BCUT2D eigenvalue weighted by Crippen LogP contribution is -2.46. The highest BCUT2D eigenvalue weighted by Crippen LogP contribution is 2.38. The molecule has 1 N–H and O–H groups in total. The van der Waals surface area contributed by atoms with Crippen LogP contribution in [-0.2, 0) is 0 Å². The number of carbonyl (C=O) groups excluding carboxylic acids is 1. The van der Waals surface area contributed by atoms with Gasteiger partial charge >= 0.3 is 6.03 Å². The quantitative estimate of drug-likeness (QED) is 0.259. The van der Waals surface area contributed by atoms with Gasteiger partial charge in [-0.3, -0.25) is 4.90 Å². The van der Waals surface area contributed by atoms with Crippen molar-refractivity contribution in [3.63, 3.8) is 0 Å². The molecular formula is C26H30N4O2S2. The number of unbranched alkanes of at least 4 members (excludes halogenated alkanes) is 2. The zero-order valence-corrected chi connectivity index (χ0v) is 21.6. The minimum atomic E-state index is -0.363. The molecule has 1 aromatic heterocycles. The molecule has 34 heavy (non-hydrogen) atoms. The van der Waals surface area contributed by atoms with Crippen LogP contribution in [0.25, 0.3) is 17.0 Å². The van der Waals surface area contributed by atoms with E-state index in [1.807, 2.05) is 43.7 Å². The zero-order chi connectivity index (χ0) is 24.1. The van der Waals surface area contributed by atoms with Crippen molar-refractivity contribution < 1.29 is 9.32 Å². The molecule has 2 heterocycles. The van der Waals surface area contributed by atoms with E-state index in [4.69, 9.17) is 9.51 Å². The molecule has 178 valence electrons. The number of hydrogen-bond acceptors (Lipinski definition) is 6. The fourth-order valence-electron chi connectivity index (χ4n) is 4.08. The normalized spacial score (nSPS) is 16.2. The van der Waals surface area contributed by atoms with Crippen LogP contribution < -0.4 is 5.32 Å². The lowest BCUT2D eigenvalue weighted by atomic mass is 9.94. The fourth-order valence-corrected chi connectivity index (χ4v) is 4.90. The molecule has 0 saturated heterocycles. The fraction of sp³-hybridized carbons (Fsp3) is 0.346. The number of thioether (sulfide) groups is 2. The van der Waals surface area contributed by atoms with Gasteiger partial charge in [0, 0.05) is 27.6 Å². The van der Waals surface area contributed by atoms with Gasteiger partial charge in [-0.05, 0) is 67.8 Å². The van der Waals surface area contributed by atoms with Crippen LogP contribution in [0.15, 0.2) is 68.5 Å². The topological polar surface area (TPSA) is 71.3 Å². The summed E-state index contributed by atoms with van der Waals surface area (Å²) < 4.78 is 5.79. The molecule has 4 rings (SSSR count). The number of aromatic nitrogens is 2. The molecule has 0 fully saturated rings. The minimum absolute atomic E-state index is 0.0938. The number of nitrogens with one attached hydrogen (secondary N) is 1. The summed E-state index contributed by atoms with van der Waals surface area (Å²) in [5.41, 5.74) is 3.57. The molecule has 1 aliphatic heterocycles. The molecule has 2 amide bonds. The molecule has 0 spiro atoms. The zero-order valence-electron chi connectivity index (χ0n) is 20.0. The monoisotopic (exact) mass is 494 g/mol. The first-order valence-electron chi connectivity index (χ1n) is 11.5. The van der Waals surface area contributed by atoms with E-state index in [9.17, 15) is 4.79 Å². The number of amides is 2. The Morgan fingerprint density at radius 2 is 1.65 bits per heavy atom. The highest BCUT2D eigenvalue weighted by molar-refractivity contribution is 7.98. The third-order valence-corrected chi connectivity index (χ3v) is 7.52. The van der Waals surface area contributed by atoms with E-state index in [1.165, 1.54) is 9.79 Å². The molecule has 8 heteroatoms. The first kappa shape index (κ1) is 24.4. The van der Waals surface area contributed by atoms with E-state index in [1.54, 1.807) is 28.4 Å². The van der Waals surface area contributed by atoms with Crippen molar-refractivity contribution >= 4 is 35.1 Å². The maximum Gasteiger partial charge on any atom is 0.322 e. The predicted molar refractivity (Wildman–Crippen MR) is 140 cm³/mol. The average molecular weight is 495 g/mol. The molecular weight excluding hydrogens is 464 g/mol. The van der Waals surface area contributed by atoms with Gasteiger partial charge in [0.2, 0.25) is 5.82 Å². The van der Waals surface area contributed by atoms with E-state index in [2.05, 4.69) is 41.7 Å².